The molecular weight excluding hydrogens is 383 g/mol. The number of alkyl halides is 3. The molecule has 142 valence electrons. The molecule has 0 aliphatic carbocycles. The van der Waals surface area contributed by atoms with Crippen LogP contribution in [0.3, 0.4) is 0 Å². The Bertz CT molecular complexity index is 1120. The molecule has 2 N–H and O–H groups in total. The first-order chi connectivity index (χ1) is 13.4. The van der Waals surface area contributed by atoms with Crippen molar-refractivity contribution in [1.82, 2.24) is 0 Å². The highest BCUT2D eigenvalue weighted by Gasteiger charge is 2.30. The van der Waals surface area contributed by atoms with Gasteiger partial charge < -0.3 is 10.5 Å². The van der Waals surface area contributed by atoms with Crippen molar-refractivity contribution in [3.8, 4) is 16.2 Å². The van der Waals surface area contributed by atoms with Crippen LogP contribution < -0.4 is 10.5 Å². The lowest BCUT2D eigenvalue weighted by molar-refractivity contribution is -0.137. The summed E-state index contributed by atoms with van der Waals surface area (Å²) >= 11 is 1.36. The van der Waals surface area contributed by atoms with Crippen molar-refractivity contribution < 1.29 is 17.9 Å². The van der Waals surface area contributed by atoms with E-state index in [1.807, 2.05) is 48.5 Å². The number of halogens is 3. The third-order valence-electron chi connectivity index (χ3n) is 4.40. The molecule has 4 aromatic rings. The third-order valence-corrected chi connectivity index (χ3v) is 5.62. The van der Waals surface area contributed by atoms with E-state index in [2.05, 4.69) is 0 Å². The Morgan fingerprint density at radius 3 is 2.43 bits per heavy atom. The maximum Gasteiger partial charge on any atom is 0.416 e. The van der Waals surface area contributed by atoms with Gasteiger partial charge in [-0.25, -0.2) is 0 Å². The molecule has 0 spiro atoms. The van der Waals surface area contributed by atoms with E-state index in [1.54, 1.807) is 6.07 Å². The summed E-state index contributed by atoms with van der Waals surface area (Å²) in [5.41, 5.74) is 7.54. The second kappa shape index (κ2) is 7.20. The normalized spacial score (nSPS) is 11.7. The van der Waals surface area contributed by atoms with Crippen molar-refractivity contribution in [3.05, 3.63) is 83.9 Å². The summed E-state index contributed by atoms with van der Waals surface area (Å²) in [5.74, 6) is 0.688. The summed E-state index contributed by atoms with van der Waals surface area (Å²) in [5, 5.41) is 0.810. The molecule has 6 heteroatoms. The summed E-state index contributed by atoms with van der Waals surface area (Å²) in [7, 11) is 0. The molecule has 3 aromatic carbocycles. The van der Waals surface area contributed by atoms with Gasteiger partial charge in [0.1, 0.15) is 12.4 Å². The minimum Gasteiger partial charge on any atom is -0.489 e. The van der Waals surface area contributed by atoms with E-state index in [9.17, 15) is 13.2 Å². The van der Waals surface area contributed by atoms with E-state index in [0.29, 0.717) is 28.5 Å². The summed E-state index contributed by atoms with van der Waals surface area (Å²) in [4.78, 5) is 0.626. The van der Waals surface area contributed by atoms with Gasteiger partial charge in [0.25, 0.3) is 0 Å². The smallest absolute Gasteiger partial charge is 0.416 e. The average Bonchev–Trinajstić information content (AvgIpc) is 3.03. The number of nitrogen functional groups attached to an aromatic ring is 1. The monoisotopic (exact) mass is 399 g/mol. The fraction of sp³-hybridized carbons (Fsp3) is 0.0909. The number of benzene rings is 3. The number of fused-ring (bicyclic) bond motifs is 1. The van der Waals surface area contributed by atoms with E-state index in [1.165, 1.54) is 17.4 Å². The number of hydrogen-bond acceptors (Lipinski definition) is 3. The van der Waals surface area contributed by atoms with Gasteiger partial charge >= 0.3 is 6.18 Å². The van der Waals surface area contributed by atoms with Gasteiger partial charge in [0.2, 0.25) is 0 Å². The standard InChI is InChI=1S/C22H16F3NOS/c23-22(24,25)16-8-4-7-15(11-16)21-20(26)18-10-9-17(12-19(18)28-21)27-13-14-5-2-1-3-6-14/h1-12H,13,26H2. The predicted molar refractivity (Wildman–Crippen MR) is 107 cm³/mol. The molecule has 0 aliphatic rings. The number of nitrogens with two attached hydrogens (primary N) is 1. The Labute approximate surface area is 164 Å². The van der Waals surface area contributed by atoms with E-state index >= 15 is 0 Å². The van der Waals surface area contributed by atoms with Gasteiger partial charge in [-0.1, -0.05) is 42.5 Å². The quantitative estimate of drug-likeness (QED) is 0.412. The first kappa shape index (κ1) is 18.4. The van der Waals surface area contributed by atoms with Crippen LogP contribution in [-0.4, -0.2) is 0 Å². The molecule has 0 saturated carbocycles. The van der Waals surface area contributed by atoms with Gasteiger partial charge in [-0.05, 0) is 41.5 Å². The lowest BCUT2D eigenvalue weighted by atomic mass is 10.1. The summed E-state index contributed by atoms with van der Waals surface area (Å²) in [6, 6.07) is 20.6. The highest BCUT2D eigenvalue weighted by atomic mass is 32.1. The fourth-order valence-corrected chi connectivity index (χ4v) is 4.13. The summed E-state index contributed by atoms with van der Waals surface area (Å²) in [6.07, 6.45) is -4.39. The molecular formula is C22H16F3NOS. The molecule has 0 radical (unpaired) electrons. The second-order valence-corrected chi connectivity index (χ2v) is 7.41. The van der Waals surface area contributed by atoms with Crippen LogP contribution in [0, 0.1) is 0 Å². The maximum atomic E-state index is 13.0. The Balaban J connectivity index is 1.65. The van der Waals surface area contributed by atoms with Crippen molar-refractivity contribution in [2.45, 2.75) is 12.8 Å². The summed E-state index contributed by atoms with van der Waals surface area (Å²) < 4.78 is 45.8. The molecule has 0 bridgehead atoms. The zero-order valence-corrected chi connectivity index (χ0v) is 15.5. The topological polar surface area (TPSA) is 35.2 Å². The Hall–Kier alpha value is -2.99. The zero-order valence-electron chi connectivity index (χ0n) is 14.7. The molecule has 0 saturated heterocycles. The van der Waals surface area contributed by atoms with Crippen LogP contribution in [-0.2, 0) is 12.8 Å². The number of hydrogen-bond donors (Lipinski definition) is 1. The minimum absolute atomic E-state index is 0.438. The number of thiophene rings is 1. The summed E-state index contributed by atoms with van der Waals surface area (Å²) in [6.45, 7) is 0.438. The second-order valence-electron chi connectivity index (χ2n) is 6.36. The molecule has 4 rings (SSSR count). The largest absolute Gasteiger partial charge is 0.489 e. The number of anilines is 1. The first-order valence-corrected chi connectivity index (χ1v) is 9.40. The predicted octanol–water partition coefficient (Wildman–Crippen LogP) is 6.75. The molecule has 1 heterocycles. The first-order valence-electron chi connectivity index (χ1n) is 8.58. The molecule has 0 atom stereocenters. The van der Waals surface area contributed by atoms with Gasteiger partial charge in [-0.15, -0.1) is 11.3 Å². The molecule has 0 fully saturated rings. The lowest BCUT2D eigenvalue weighted by Gasteiger charge is -2.08. The lowest BCUT2D eigenvalue weighted by Crippen LogP contribution is -2.04. The van der Waals surface area contributed by atoms with E-state index in [0.717, 1.165) is 27.8 Å². The third kappa shape index (κ3) is 3.68. The Kier molecular flexibility index (Phi) is 4.73. The van der Waals surface area contributed by atoms with Crippen molar-refractivity contribution >= 4 is 27.1 Å². The molecule has 0 amide bonds. The molecule has 0 unspecified atom stereocenters. The van der Waals surface area contributed by atoms with Gasteiger partial charge in [-0.2, -0.15) is 13.2 Å². The van der Waals surface area contributed by atoms with Crippen LogP contribution in [0.25, 0.3) is 20.5 Å². The molecule has 0 aliphatic heterocycles. The van der Waals surface area contributed by atoms with Crippen molar-refractivity contribution in [2.75, 3.05) is 5.73 Å². The Morgan fingerprint density at radius 2 is 1.68 bits per heavy atom. The van der Waals surface area contributed by atoms with Gasteiger partial charge in [0.15, 0.2) is 0 Å². The van der Waals surface area contributed by atoms with Crippen LogP contribution >= 0.6 is 11.3 Å². The van der Waals surface area contributed by atoms with Gasteiger partial charge in [0.05, 0.1) is 16.1 Å². The Morgan fingerprint density at radius 1 is 0.893 bits per heavy atom. The van der Waals surface area contributed by atoms with E-state index in [4.69, 9.17) is 10.5 Å². The van der Waals surface area contributed by atoms with Crippen LogP contribution in [0.2, 0.25) is 0 Å². The van der Waals surface area contributed by atoms with E-state index < -0.39 is 11.7 Å². The minimum atomic E-state index is -4.39. The fourth-order valence-electron chi connectivity index (χ4n) is 2.98. The zero-order chi connectivity index (χ0) is 19.7. The number of rotatable bonds is 4. The molecule has 28 heavy (non-hydrogen) atoms. The van der Waals surface area contributed by atoms with Crippen LogP contribution in [0.4, 0.5) is 18.9 Å². The maximum absolute atomic E-state index is 13.0. The van der Waals surface area contributed by atoms with Gasteiger partial charge in [-0.3, -0.25) is 0 Å². The highest BCUT2D eigenvalue weighted by Crippen LogP contribution is 2.43. The van der Waals surface area contributed by atoms with Crippen LogP contribution in [0.1, 0.15) is 11.1 Å². The average molecular weight is 399 g/mol. The van der Waals surface area contributed by atoms with Crippen molar-refractivity contribution in [1.29, 1.82) is 0 Å². The van der Waals surface area contributed by atoms with Crippen molar-refractivity contribution in [3.63, 3.8) is 0 Å². The highest BCUT2D eigenvalue weighted by molar-refractivity contribution is 7.23. The van der Waals surface area contributed by atoms with Crippen LogP contribution in [0.5, 0.6) is 5.75 Å². The van der Waals surface area contributed by atoms with Gasteiger partial charge in [0, 0.05) is 10.1 Å². The van der Waals surface area contributed by atoms with Crippen LogP contribution in [0.15, 0.2) is 72.8 Å². The molecule has 2 nitrogen and oxygen atoms in total. The van der Waals surface area contributed by atoms with E-state index in [-0.39, 0.29) is 0 Å². The van der Waals surface area contributed by atoms with Crippen molar-refractivity contribution in [2.24, 2.45) is 0 Å². The molecule has 1 aromatic heterocycles. The number of ether oxygens (including phenoxy) is 1. The SMILES string of the molecule is Nc1c(-c2cccc(C(F)(F)F)c2)sc2cc(OCc3ccccc3)ccc12.